The predicted molar refractivity (Wildman–Crippen MR) is 148 cm³/mol. The first-order chi connectivity index (χ1) is 17.3. The van der Waals surface area contributed by atoms with Crippen LogP contribution in [0.5, 0.6) is 0 Å². The maximum Gasteiger partial charge on any atom is 0.308 e. The van der Waals surface area contributed by atoms with Crippen LogP contribution in [-0.2, 0) is 23.4 Å². The molecule has 0 amide bonds. The van der Waals surface area contributed by atoms with Gasteiger partial charge in [0.05, 0.1) is 24.7 Å². The molecule has 0 bridgehead atoms. The van der Waals surface area contributed by atoms with Crippen LogP contribution in [0.25, 0.3) is 0 Å². The van der Waals surface area contributed by atoms with Crippen LogP contribution in [0.1, 0.15) is 72.7 Å². The summed E-state index contributed by atoms with van der Waals surface area (Å²) in [4.78, 5) is 13.2. The van der Waals surface area contributed by atoms with E-state index in [0.717, 1.165) is 11.1 Å². The van der Waals surface area contributed by atoms with Gasteiger partial charge in [0.15, 0.2) is 14.6 Å². The minimum Gasteiger partial charge on any atom is -0.457 e. The highest BCUT2D eigenvalue weighted by Crippen LogP contribution is 2.44. The Kier molecular flexibility index (Phi) is 9.62. The Morgan fingerprint density at radius 3 is 2.51 bits per heavy atom. The predicted octanol–water partition coefficient (Wildman–Crippen LogP) is 6.48. The summed E-state index contributed by atoms with van der Waals surface area (Å²) < 4.78 is 25.8. The number of esters is 1. The molecule has 0 aliphatic carbocycles. The maximum atomic E-state index is 13.2. The van der Waals surface area contributed by atoms with Crippen molar-refractivity contribution in [1.82, 2.24) is 0 Å². The zero-order valence-corrected chi connectivity index (χ0v) is 24.8. The molecule has 1 unspecified atom stereocenters. The molecule has 0 aromatic heterocycles. The van der Waals surface area contributed by atoms with E-state index in [1.165, 1.54) is 0 Å². The fourth-order valence-electron chi connectivity index (χ4n) is 4.69. The van der Waals surface area contributed by atoms with E-state index in [4.69, 9.17) is 18.6 Å². The summed E-state index contributed by atoms with van der Waals surface area (Å²) in [6.45, 7) is 16.9. The topological polar surface area (TPSA) is 74.2 Å². The second-order valence-corrected chi connectivity index (χ2v) is 17.0. The van der Waals surface area contributed by atoms with E-state index in [2.05, 4.69) is 40.8 Å². The van der Waals surface area contributed by atoms with Gasteiger partial charge in [-0.05, 0) is 50.4 Å². The SMILES string of the molecule is C/C(=C\CO)[C@H]1OC(=O)CC(O[Si](C)(C)C(C)(C)C)CC[C@@]2(C)O[C@@H](c3ccccc3)O[C@H]2/C=C/[C@@H]1C. The number of benzene rings is 1. The lowest BCUT2D eigenvalue weighted by Crippen LogP contribution is -2.45. The van der Waals surface area contributed by atoms with Crippen molar-refractivity contribution in [1.29, 1.82) is 0 Å². The zero-order chi connectivity index (χ0) is 27.4. The summed E-state index contributed by atoms with van der Waals surface area (Å²) in [5, 5.41) is 9.49. The molecule has 1 aromatic carbocycles. The molecule has 0 saturated carbocycles. The van der Waals surface area contributed by atoms with Crippen LogP contribution < -0.4 is 0 Å². The smallest absolute Gasteiger partial charge is 0.308 e. The molecule has 0 spiro atoms. The minimum atomic E-state index is -2.14. The molecule has 0 radical (unpaired) electrons. The summed E-state index contributed by atoms with van der Waals surface area (Å²) in [5.74, 6) is -0.401. The molecule has 37 heavy (non-hydrogen) atoms. The molecule has 7 heteroatoms. The molecule has 1 fully saturated rings. The van der Waals surface area contributed by atoms with Gasteiger partial charge in [-0.3, -0.25) is 4.79 Å². The normalized spacial score (nSPS) is 33.2. The van der Waals surface area contributed by atoms with Gasteiger partial charge in [0, 0.05) is 11.5 Å². The highest BCUT2D eigenvalue weighted by molar-refractivity contribution is 6.74. The molecule has 6 atom stereocenters. The molecule has 2 heterocycles. The number of hydrogen-bond acceptors (Lipinski definition) is 6. The Labute approximate surface area is 224 Å². The van der Waals surface area contributed by atoms with Crippen LogP contribution in [-0.4, -0.2) is 49.9 Å². The molecule has 2 aliphatic heterocycles. The van der Waals surface area contributed by atoms with Crippen molar-refractivity contribution in [2.75, 3.05) is 6.61 Å². The fourth-order valence-corrected chi connectivity index (χ4v) is 6.08. The third-order valence-corrected chi connectivity index (χ3v) is 12.7. The quantitative estimate of drug-likeness (QED) is 0.267. The summed E-state index contributed by atoms with van der Waals surface area (Å²) in [7, 11) is -2.14. The number of aliphatic hydroxyl groups excluding tert-OH is 1. The third-order valence-electron chi connectivity index (χ3n) is 8.13. The summed E-state index contributed by atoms with van der Waals surface area (Å²) in [5.41, 5.74) is 1.22. The molecule has 3 rings (SSSR count). The van der Waals surface area contributed by atoms with Crippen molar-refractivity contribution in [3.63, 3.8) is 0 Å². The monoisotopic (exact) mass is 530 g/mol. The summed E-state index contributed by atoms with van der Waals surface area (Å²) in [6.07, 6.45) is 5.78. The van der Waals surface area contributed by atoms with Crippen LogP contribution in [0.3, 0.4) is 0 Å². The van der Waals surface area contributed by atoms with E-state index in [9.17, 15) is 9.90 Å². The lowest BCUT2D eigenvalue weighted by atomic mass is 9.89. The molecule has 1 aromatic rings. The third kappa shape index (κ3) is 7.42. The first kappa shape index (κ1) is 29.8. The van der Waals surface area contributed by atoms with Crippen molar-refractivity contribution >= 4 is 14.3 Å². The Hall–Kier alpha value is -1.77. The first-order valence-corrected chi connectivity index (χ1v) is 16.4. The Morgan fingerprint density at radius 2 is 1.89 bits per heavy atom. The number of hydrogen-bond donors (Lipinski definition) is 1. The Balaban J connectivity index is 1.97. The van der Waals surface area contributed by atoms with Crippen LogP contribution in [0.4, 0.5) is 0 Å². The number of carbonyl (C=O) groups is 1. The van der Waals surface area contributed by atoms with Gasteiger partial charge in [0.2, 0.25) is 0 Å². The second kappa shape index (κ2) is 12.0. The van der Waals surface area contributed by atoms with Gasteiger partial charge in [-0.1, -0.05) is 76.3 Å². The standard InChI is InChI=1S/C30H46O6Si/c1-21-14-15-25-30(6,35-28(33-25)23-12-10-9-11-13-23)18-16-24(36-37(7,8)29(3,4)5)20-26(32)34-27(21)22(2)17-19-31/h9-15,17,21,24-25,27-28,31H,16,18-20H2,1-8H3/b15-14+,22-17+/t21-,24?,25-,27-,28-,30+/m0/s1. The van der Waals surface area contributed by atoms with Crippen LogP contribution >= 0.6 is 0 Å². The van der Waals surface area contributed by atoms with Crippen molar-refractivity contribution in [2.24, 2.45) is 5.92 Å². The van der Waals surface area contributed by atoms with Gasteiger partial charge >= 0.3 is 5.97 Å². The van der Waals surface area contributed by atoms with E-state index in [1.54, 1.807) is 6.08 Å². The zero-order valence-electron chi connectivity index (χ0n) is 23.8. The van der Waals surface area contributed by atoms with E-state index in [0.29, 0.717) is 12.8 Å². The number of ether oxygens (including phenoxy) is 3. The second-order valence-electron chi connectivity index (χ2n) is 12.3. The van der Waals surface area contributed by atoms with Gasteiger partial charge in [-0.15, -0.1) is 0 Å². The lowest BCUT2D eigenvalue weighted by Gasteiger charge is -2.40. The van der Waals surface area contributed by atoms with Crippen LogP contribution in [0.15, 0.2) is 54.1 Å². The minimum absolute atomic E-state index is 0.0125. The number of carbonyl (C=O) groups excluding carboxylic acids is 1. The summed E-state index contributed by atoms with van der Waals surface area (Å²) >= 11 is 0. The van der Waals surface area contributed by atoms with Gasteiger partial charge in [-0.25, -0.2) is 0 Å². The molecule has 2 aliphatic rings. The fraction of sp³-hybridized carbons (Fsp3) is 0.633. The van der Waals surface area contributed by atoms with Crippen molar-refractivity contribution in [3.8, 4) is 0 Å². The molecule has 6 nitrogen and oxygen atoms in total. The lowest BCUT2D eigenvalue weighted by molar-refractivity contribution is -0.151. The highest BCUT2D eigenvalue weighted by atomic mass is 28.4. The van der Waals surface area contributed by atoms with E-state index in [1.807, 2.05) is 56.3 Å². The van der Waals surface area contributed by atoms with Gasteiger partial charge in [0.1, 0.15) is 12.2 Å². The molecule has 1 saturated heterocycles. The van der Waals surface area contributed by atoms with Crippen LogP contribution in [0, 0.1) is 5.92 Å². The van der Waals surface area contributed by atoms with E-state index >= 15 is 0 Å². The number of rotatable bonds is 5. The van der Waals surface area contributed by atoms with E-state index in [-0.39, 0.29) is 42.2 Å². The highest BCUT2D eigenvalue weighted by Gasteiger charge is 2.47. The Morgan fingerprint density at radius 1 is 1.22 bits per heavy atom. The number of aliphatic hydroxyl groups is 1. The van der Waals surface area contributed by atoms with Gasteiger partial charge in [0.25, 0.3) is 0 Å². The molecular weight excluding hydrogens is 484 g/mol. The molecule has 206 valence electrons. The first-order valence-electron chi connectivity index (χ1n) is 13.5. The molecule has 1 N–H and O–H groups in total. The van der Waals surface area contributed by atoms with E-state index < -0.39 is 26.3 Å². The molecular formula is C30H46O6Si. The van der Waals surface area contributed by atoms with Gasteiger partial charge < -0.3 is 23.7 Å². The van der Waals surface area contributed by atoms with Crippen molar-refractivity contribution < 1.29 is 28.5 Å². The average Bonchev–Trinajstić information content (AvgIpc) is 3.15. The van der Waals surface area contributed by atoms with Crippen molar-refractivity contribution in [2.45, 2.75) is 109 Å². The number of cyclic esters (lactones) is 1. The Bertz CT molecular complexity index is 966. The van der Waals surface area contributed by atoms with Crippen LogP contribution in [0.2, 0.25) is 18.1 Å². The van der Waals surface area contributed by atoms with Crippen molar-refractivity contribution in [3.05, 3.63) is 59.7 Å². The summed E-state index contributed by atoms with van der Waals surface area (Å²) in [6, 6.07) is 9.99. The largest absolute Gasteiger partial charge is 0.457 e. The average molecular weight is 531 g/mol. The maximum absolute atomic E-state index is 13.2. The number of fused-ring (bicyclic) bond motifs is 1. The van der Waals surface area contributed by atoms with Gasteiger partial charge in [-0.2, -0.15) is 0 Å².